The molecule has 2 saturated carbocycles. The van der Waals surface area contributed by atoms with Crippen LogP contribution in [0.15, 0.2) is 29.0 Å². The quantitative estimate of drug-likeness (QED) is 0.881. The number of nitrogens with one attached hydrogen (secondary N) is 1. The maximum atomic E-state index is 4.54. The van der Waals surface area contributed by atoms with Gasteiger partial charge in [0.15, 0.2) is 0 Å². The van der Waals surface area contributed by atoms with Crippen molar-refractivity contribution in [2.45, 2.75) is 38.6 Å². The van der Waals surface area contributed by atoms with E-state index in [1.165, 1.54) is 25.7 Å². The van der Waals surface area contributed by atoms with Gasteiger partial charge in [-0.15, -0.1) is 0 Å². The van der Waals surface area contributed by atoms with Crippen LogP contribution >= 0.6 is 15.9 Å². The second-order valence-electron chi connectivity index (χ2n) is 6.65. The molecule has 0 amide bonds. The Labute approximate surface area is 133 Å². The standard InChI is InChI=1S/C17H20BrN3/c1-10(14-7-11-2-3-12(14)6-11)21-15-4-5-19-16-8-13(18)9-20-17(15)16/h4-5,8-12,14H,2-3,6-7H2,1H3,(H,19,21). The van der Waals surface area contributed by atoms with Gasteiger partial charge in [-0.1, -0.05) is 6.42 Å². The van der Waals surface area contributed by atoms with Crippen LogP contribution in [0.3, 0.4) is 0 Å². The van der Waals surface area contributed by atoms with Crippen molar-refractivity contribution >= 4 is 32.7 Å². The van der Waals surface area contributed by atoms with Crippen molar-refractivity contribution in [2.75, 3.05) is 5.32 Å². The molecular weight excluding hydrogens is 326 g/mol. The minimum atomic E-state index is 0.511. The lowest BCUT2D eigenvalue weighted by atomic mass is 9.84. The van der Waals surface area contributed by atoms with E-state index >= 15 is 0 Å². The molecule has 110 valence electrons. The van der Waals surface area contributed by atoms with Crippen LogP contribution in [0.4, 0.5) is 5.69 Å². The summed E-state index contributed by atoms with van der Waals surface area (Å²) in [5.74, 6) is 2.75. The number of rotatable bonds is 3. The first kappa shape index (κ1) is 13.5. The summed E-state index contributed by atoms with van der Waals surface area (Å²) in [5.41, 5.74) is 3.02. The Bertz CT molecular complexity index is 672. The van der Waals surface area contributed by atoms with Crippen LogP contribution in [0.5, 0.6) is 0 Å². The summed E-state index contributed by atoms with van der Waals surface area (Å²) in [4.78, 5) is 8.95. The highest BCUT2D eigenvalue weighted by Crippen LogP contribution is 2.49. The third kappa shape index (κ3) is 2.44. The summed E-state index contributed by atoms with van der Waals surface area (Å²) in [5, 5.41) is 3.71. The average molecular weight is 346 g/mol. The SMILES string of the molecule is CC(Nc1ccnc2cc(Br)cnc12)C1CC2CCC1C2. The maximum Gasteiger partial charge on any atom is 0.112 e. The molecule has 0 spiro atoms. The van der Waals surface area contributed by atoms with E-state index in [1.54, 1.807) is 0 Å². The monoisotopic (exact) mass is 345 g/mol. The van der Waals surface area contributed by atoms with Crippen LogP contribution < -0.4 is 5.32 Å². The third-order valence-electron chi connectivity index (χ3n) is 5.36. The number of hydrogen-bond acceptors (Lipinski definition) is 3. The minimum Gasteiger partial charge on any atom is -0.380 e. The van der Waals surface area contributed by atoms with Gasteiger partial charge in [-0.25, -0.2) is 0 Å². The molecule has 0 radical (unpaired) electrons. The first-order valence-electron chi connectivity index (χ1n) is 7.87. The van der Waals surface area contributed by atoms with Gasteiger partial charge < -0.3 is 5.32 Å². The van der Waals surface area contributed by atoms with Crippen molar-refractivity contribution in [1.82, 2.24) is 9.97 Å². The number of anilines is 1. The zero-order valence-electron chi connectivity index (χ0n) is 12.2. The Kier molecular flexibility index (Phi) is 3.37. The van der Waals surface area contributed by atoms with Gasteiger partial charge in [0.25, 0.3) is 0 Å². The minimum absolute atomic E-state index is 0.511. The van der Waals surface area contributed by atoms with E-state index in [9.17, 15) is 0 Å². The lowest BCUT2D eigenvalue weighted by Crippen LogP contribution is -2.30. The zero-order chi connectivity index (χ0) is 14.4. The van der Waals surface area contributed by atoms with Crippen molar-refractivity contribution < 1.29 is 0 Å². The number of fused-ring (bicyclic) bond motifs is 3. The fraction of sp³-hybridized carbons (Fsp3) is 0.529. The highest BCUT2D eigenvalue weighted by Gasteiger charge is 2.41. The van der Waals surface area contributed by atoms with Crippen LogP contribution in [0.1, 0.15) is 32.6 Å². The summed E-state index contributed by atoms with van der Waals surface area (Å²) >= 11 is 3.46. The van der Waals surface area contributed by atoms with E-state index in [2.05, 4.69) is 38.1 Å². The van der Waals surface area contributed by atoms with E-state index in [0.29, 0.717) is 6.04 Å². The second-order valence-corrected chi connectivity index (χ2v) is 7.57. The molecule has 0 saturated heterocycles. The Morgan fingerprint density at radius 3 is 2.95 bits per heavy atom. The van der Waals surface area contributed by atoms with E-state index in [4.69, 9.17) is 0 Å². The number of hydrogen-bond donors (Lipinski definition) is 1. The number of aromatic nitrogens is 2. The van der Waals surface area contributed by atoms with Crippen LogP contribution in [0, 0.1) is 17.8 Å². The first-order valence-corrected chi connectivity index (χ1v) is 8.67. The van der Waals surface area contributed by atoms with E-state index in [-0.39, 0.29) is 0 Å². The summed E-state index contributed by atoms with van der Waals surface area (Å²) < 4.78 is 0.973. The van der Waals surface area contributed by atoms with Crippen LogP contribution in [-0.4, -0.2) is 16.0 Å². The smallest absolute Gasteiger partial charge is 0.112 e. The van der Waals surface area contributed by atoms with Crippen molar-refractivity contribution in [3.05, 3.63) is 29.0 Å². The molecule has 21 heavy (non-hydrogen) atoms. The van der Waals surface area contributed by atoms with Crippen LogP contribution in [-0.2, 0) is 0 Å². The van der Waals surface area contributed by atoms with Gasteiger partial charge in [-0.2, -0.15) is 0 Å². The highest BCUT2D eigenvalue weighted by molar-refractivity contribution is 9.10. The molecule has 2 bridgehead atoms. The molecule has 2 aliphatic carbocycles. The van der Waals surface area contributed by atoms with Gasteiger partial charge in [-0.05, 0) is 72.0 Å². The molecule has 4 heteroatoms. The average Bonchev–Trinajstić information content (AvgIpc) is 3.10. The molecule has 0 aliphatic heterocycles. The van der Waals surface area contributed by atoms with Gasteiger partial charge in [0, 0.05) is 22.9 Å². The highest BCUT2D eigenvalue weighted by atomic mass is 79.9. The van der Waals surface area contributed by atoms with Gasteiger partial charge in [0.1, 0.15) is 5.52 Å². The predicted octanol–water partition coefficient (Wildman–Crippen LogP) is 4.63. The fourth-order valence-corrected chi connectivity index (χ4v) is 4.70. The Balaban J connectivity index is 1.59. The zero-order valence-corrected chi connectivity index (χ0v) is 13.8. The summed E-state index contributed by atoms with van der Waals surface area (Å²) in [6.07, 6.45) is 9.47. The van der Waals surface area contributed by atoms with Gasteiger partial charge in [0.2, 0.25) is 0 Å². The number of halogens is 1. The Morgan fingerprint density at radius 2 is 2.19 bits per heavy atom. The normalized spacial score (nSPS) is 29.0. The summed E-state index contributed by atoms with van der Waals surface area (Å²) in [6.45, 7) is 2.33. The van der Waals surface area contributed by atoms with Gasteiger partial charge in [-0.3, -0.25) is 9.97 Å². The predicted molar refractivity (Wildman–Crippen MR) is 89.3 cm³/mol. The van der Waals surface area contributed by atoms with E-state index < -0.39 is 0 Å². The number of nitrogens with zero attached hydrogens (tertiary/aromatic N) is 2. The Morgan fingerprint density at radius 1 is 1.29 bits per heavy atom. The van der Waals surface area contributed by atoms with Gasteiger partial charge >= 0.3 is 0 Å². The molecule has 2 heterocycles. The first-order chi connectivity index (χ1) is 10.2. The third-order valence-corrected chi connectivity index (χ3v) is 5.80. The summed E-state index contributed by atoms with van der Waals surface area (Å²) in [6, 6.07) is 4.58. The van der Waals surface area contributed by atoms with Crippen LogP contribution in [0.2, 0.25) is 0 Å². The van der Waals surface area contributed by atoms with Crippen molar-refractivity contribution in [2.24, 2.45) is 17.8 Å². The fourth-order valence-electron chi connectivity index (χ4n) is 4.38. The maximum absolute atomic E-state index is 4.54. The van der Waals surface area contributed by atoms with E-state index in [1.807, 2.05) is 24.5 Å². The lowest BCUT2D eigenvalue weighted by Gasteiger charge is -2.29. The molecule has 2 fully saturated rings. The number of pyridine rings is 2. The molecule has 4 rings (SSSR count). The molecule has 4 atom stereocenters. The summed E-state index contributed by atoms with van der Waals surface area (Å²) in [7, 11) is 0. The van der Waals surface area contributed by atoms with Crippen molar-refractivity contribution in [3.8, 4) is 0 Å². The second kappa shape index (κ2) is 5.24. The van der Waals surface area contributed by atoms with Gasteiger partial charge in [0.05, 0.1) is 11.2 Å². The topological polar surface area (TPSA) is 37.8 Å². The van der Waals surface area contributed by atoms with Crippen molar-refractivity contribution in [1.29, 1.82) is 0 Å². The lowest BCUT2D eigenvalue weighted by molar-refractivity contribution is 0.304. The molecule has 2 aromatic rings. The molecule has 2 aliphatic rings. The molecule has 4 unspecified atom stereocenters. The van der Waals surface area contributed by atoms with E-state index in [0.717, 1.165) is 38.9 Å². The largest absolute Gasteiger partial charge is 0.380 e. The molecular formula is C17H20BrN3. The molecule has 0 aromatic carbocycles. The molecule has 1 N–H and O–H groups in total. The molecule has 2 aromatic heterocycles. The van der Waals surface area contributed by atoms with Crippen molar-refractivity contribution in [3.63, 3.8) is 0 Å². The Hall–Kier alpha value is -1.16. The van der Waals surface area contributed by atoms with Crippen LogP contribution in [0.25, 0.3) is 11.0 Å². The molecule has 3 nitrogen and oxygen atoms in total.